The van der Waals surface area contributed by atoms with E-state index in [1.165, 1.54) is 38.5 Å². The van der Waals surface area contributed by atoms with Gasteiger partial charge in [0, 0.05) is 19.1 Å². The van der Waals surface area contributed by atoms with Crippen LogP contribution in [-0.4, -0.2) is 30.2 Å². The zero-order chi connectivity index (χ0) is 20.5. The van der Waals surface area contributed by atoms with Gasteiger partial charge in [0.15, 0.2) is 0 Å². The highest BCUT2D eigenvalue weighted by Crippen LogP contribution is 2.18. The van der Waals surface area contributed by atoms with Crippen molar-refractivity contribution in [1.82, 2.24) is 15.8 Å². The predicted octanol–water partition coefficient (Wildman–Crippen LogP) is 4.26. The maximum absolute atomic E-state index is 12.2. The van der Waals surface area contributed by atoms with Gasteiger partial charge in [-0.05, 0) is 44.4 Å². The number of nitrogens with zero attached hydrogens (tertiary/aromatic N) is 1. The second-order valence-electron chi connectivity index (χ2n) is 7.90. The number of rotatable bonds is 9. The number of carbonyl (C=O) groups is 1. The minimum absolute atomic E-state index is 0. The largest absolute Gasteiger partial charge is 0.489 e. The van der Waals surface area contributed by atoms with Crippen LogP contribution in [0.1, 0.15) is 61.1 Å². The quantitative estimate of drug-likeness (QED) is 0.454. The monoisotopic (exact) mass is 435 g/mol. The molecule has 0 unspecified atom stereocenters. The molecule has 3 rings (SSSR count). The first kappa shape index (κ1) is 24.2. The Morgan fingerprint density at radius 3 is 2.43 bits per heavy atom. The molecule has 7 heteroatoms. The Balaban J connectivity index is 0.00000320. The zero-order valence-electron chi connectivity index (χ0n) is 18.0. The lowest BCUT2D eigenvalue weighted by Gasteiger charge is -2.16. The highest BCUT2D eigenvalue weighted by atomic mass is 35.5. The van der Waals surface area contributed by atoms with Gasteiger partial charge in [0.2, 0.25) is 5.91 Å². The molecule has 1 saturated carbocycles. The van der Waals surface area contributed by atoms with Gasteiger partial charge in [-0.1, -0.05) is 43.0 Å². The van der Waals surface area contributed by atoms with Gasteiger partial charge in [-0.2, -0.15) is 0 Å². The van der Waals surface area contributed by atoms with Crippen LogP contribution in [0.2, 0.25) is 0 Å². The minimum Gasteiger partial charge on any atom is -0.489 e. The fraction of sp³-hybridized carbons (Fsp3) is 0.565. The molecule has 0 spiro atoms. The van der Waals surface area contributed by atoms with Crippen LogP contribution in [0.3, 0.4) is 0 Å². The highest BCUT2D eigenvalue weighted by Gasteiger charge is 2.12. The lowest BCUT2D eigenvalue weighted by molar-refractivity contribution is -0.120. The number of aryl methyl sites for hydroxylation is 2. The van der Waals surface area contributed by atoms with E-state index in [1.54, 1.807) is 0 Å². The number of hydrogen-bond donors (Lipinski definition) is 2. The smallest absolute Gasteiger partial charge is 0.224 e. The summed E-state index contributed by atoms with van der Waals surface area (Å²) in [5, 5.41) is 10.5. The van der Waals surface area contributed by atoms with E-state index in [9.17, 15) is 4.79 Å². The number of ether oxygens (including phenoxy) is 1. The van der Waals surface area contributed by atoms with E-state index in [0.29, 0.717) is 25.6 Å². The van der Waals surface area contributed by atoms with E-state index in [-0.39, 0.29) is 18.3 Å². The van der Waals surface area contributed by atoms with Crippen LogP contribution >= 0.6 is 12.4 Å². The van der Waals surface area contributed by atoms with Crippen molar-refractivity contribution in [3.63, 3.8) is 0 Å². The molecule has 2 aromatic rings. The molecule has 30 heavy (non-hydrogen) atoms. The van der Waals surface area contributed by atoms with Crippen molar-refractivity contribution in [3.8, 4) is 5.75 Å². The Kier molecular flexibility index (Phi) is 10.2. The van der Waals surface area contributed by atoms with Gasteiger partial charge >= 0.3 is 0 Å². The Labute approximate surface area is 185 Å². The molecule has 2 N–H and O–H groups in total. The molecule has 0 atom stereocenters. The van der Waals surface area contributed by atoms with Crippen molar-refractivity contribution in [3.05, 3.63) is 46.8 Å². The maximum atomic E-state index is 12.2. The normalized spacial score (nSPS) is 14.6. The van der Waals surface area contributed by atoms with Crippen LogP contribution in [0.25, 0.3) is 0 Å². The molecule has 0 aliphatic heterocycles. The molecule has 1 aliphatic rings. The minimum atomic E-state index is 0. The molecule has 1 heterocycles. The molecular formula is C23H34ClN3O3. The van der Waals surface area contributed by atoms with Gasteiger partial charge in [0.05, 0.1) is 17.7 Å². The standard InChI is InChI=1S/C23H33N3O3.ClH/c1-17-22(18(2)29-26-17)16-28-21-11-9-19(10-12-21)15-23(27)25-14-13-24-20-7-5-3-4-6-8-20;/h9-12,20,24H,3-8,13-16H2,1-2H3,(H,25,27);1H. The Morgan fingerprint density at radius 1 is 1.10 bits per heavy atom. The van der Waals surface area contributed by atoms with E-state index in [4.69, 9.17) is 9.26 Å². The van der Waals surface area contributed by atoms with Crippen molar-refractivity contribution in [2.45, 2.75) is 71.4 Å². The molecule has 1 fully saturated rings. The molecule has 166 valence electrons. The van der Waals surface area contributed by atoms with Gasteiger partial charge in [-0.3, -0.25) is 4.79 Å². The van der Waals surface area contributed by atoms with Crippen LogP contribution in [-0.2, 0) is 17.8 Å². The molecule has 0 radical (unpaired) electrons. The summed E-state index contributed by atoms with van der Waals surface area (Å²) in [7, 11) is 0. The van der Waals surface area contributed by atoms with Crippen molar-refractivity contribution >= 4 is 18.3 Å². The van der Waals surface area contributed by atoms with Gasteiger partial charge in [0.1, 0.15) is 18.1 Å². The summed E-state index contributed by atoms with van der Waals surface area (Å²) in [6, 6.07) is 8.29. The molecule has 1 aromatic carbocycles. The Bertz CT molecular complexity index is 749. The van der Waals surface area contributed by atoms with Crippen LogP contribution in [0.15, 0.2) is 28.8 Å². The number of carbonyl (C=O) groups excluding carboxylic acids is 1. The molecule has 6 nitrogen and oxygen atoms in total. The van der Waals surface area contributed by atoms with E-state index >= 15 is 0 Å². The molecule has 0 bridgehead atoms. The van der Waals surface area contributed by atoms with Gasteiger partial charge in [0.25, 0.3) is 0 Å². The first-order chi connectivity index (χ1) is 14.1. The van der Waals surface area contributed by atoms with Crippen molar-refractivity contribution < 1.29 is 14.1 Å². The molecular weight excluding hydrogens is 402 g/mol. The zero-order valence-corrected chi connectivity index (χ0v) is 18.9. The van der Waals surface area contributed by atoms with Gasteiger partial charge in [-0.25, -0.2) is 0 Å². The summed E-state index contributed by atoms with van der Waals surface area (Å²) in [4.78, 5) is 12.2. The number of halogens is 1. The average molecular weight is 436 g/mol. The summed E-state index contributed by atoms with van der Waals surface area (Å²) in [6.45, 7) is 5.73. The third-order valence-corrected chi connectivity index (χ3v) is 5.59. The fourth-order valence-electron chi connectivity index (χ4n) is 3.78. The van der Waals surface area contributed by atoms with E-state index in [1.807, 2.05) is 38.1 Å². The lowest BCUT2D eigenvalue weighted by Crippen LogP contribution is -2.37. The molecule has 0 saturated heterocycles. The summed E-state index contributed by atoms with van der Waals surface area (Å²) in [5.74, 6) is 1.60. The number of benzene rings is 1. The topological polar surface area (TPSA) is 76.4 Å². The highest BCUT2D eigenvalue weighted by molar-refractivity contribution is 5.85. The number of amides is 1. The second-order valence-corrected chi connectivity index (χ2v) is 7.90. The van der Waals surface area contributed by atoms with E-state index in [2.05, 4.69) is 15.8 Å². The molecule has 1 aromatic heterocycles. The summed E-state index contributed by atoms with van der Waals surface area (Å²) in [5.41, 5.74) is 2.80. The Hall–Kier alpha value is -2.05. The second kappa shape index (κ2) is 12.6. The number of nitrogens with one attached hydrogen (secondary N) is 2. The average Bonchev–Trinajstić information content (AvgIpc) is 2.90. The third kappa shape index (κ3) is 7.65. The number of hydrogen-bond acceptors (Lipinski definition) is 5. The van der Waals surface area contributed by atoms with Crippen LogP contribution in [0.5, 0.6) is 5.75 Å². The maximum Gasteiger partial charge on any atom is 0.224 e. The first-order valence-corrected chi connectivity index (χ1v) is 10.8. The first-order valence-electron chi connectivity index (χ1n) is 10.8. The molecule has 1 aliphatic carbocycles. The SMILES string of the molecule is Cc1noc(C)c1COc1ccc(CC(=O)NCCNC2CCCCCC2)cc1.Cl. The molecule has 1 amide bonds. The van der Waals surface area contributed by atoms with Crippen molar-refractivity contribution in [2.24, 2.45) is 0 Å². The Morgan fingerprint density at radius 2 is 1.80 bits per heavy atom. The van der Waals surface area contributed by atoms with E-state index in [0.717, 1.165) is 34.9 Å². The predicted molar refractivity (Wildman–Crippen MR) is 120 cm³/mol. The van der Waals surface area contributed by atoms with Crippen molar-refractivity contribution in [1.29, 1.82) is 0 Å². The summed E-state index contributed by atoms with van der Waals surface area (Å²) >= 11 is 0. The fourth-order valence-corrected chi connectivity index (χ4v) is 3.78. The summed E-state index contributed by atoms with van der Waals surface area (Å²) < 4.78 is 11.0. The van der Waals surface area contributed by atoms with Crippen LogP contribution < -0.4 is 15.4 Å². The van der Waals surface area contributed by atoms with E-state index < -0.39 is 0 Å². The van der Waals surface area contributed by atoms with Crippen molar-refractivity contribution in [2.75, 3.05) is 13.1 Å². The van der Waals surface area contributed by atoms with Gasteiger partial charge < -0.3 is 19.9 Å². The van der Waals surface area contributed by atoms with Crippen LogP contribution in [0, 0.1) is 13.8 Å². The number of aromatic nitrogens is 1. The lowest BCUT2D eigenvalue weighted by atomic mass is 10.1. The van der Waals surface area contributed by atoms with Gasteiger partial charge in [-0.15, -0.1) is 12.4 Å². The van der Waals surface area contributed by atoms with Crippen LogP contribution in [0.4, 0.5) is 0 Å². The third-order valence-electron chi connectivity index (χ3n) is 5.59. The summed E-state index contributed by atoms with van der Waals surface area (Å²) in [6.07, 6.45) is 8.27.